The van der Waals surface area contributed by atoms with E-state index in [4.69, 9.17) is 4.74 Å². The molecule has 0 aliphatic carbocycles. The Hall–Kier alpha value is -3.06. The van der Waals surface area contributed by atoms with Gasteiger partial charge >= 0.3 is 0 Å². The van der Waals surface area contributed by atoms with Crippen molar-refractivity contribution in [1.29, 1.82) is 0 Å². The van der Waals surface area contributed by atoms with Gasteiger partial charge in [-0.3, -0.25) is 4.79 Å². The van der Waals surface area contributed by atoms with E-state index in [1.54, 1.807) is 18.2 Å². The van der Waals surface area contributed by atoms with E-state index >= 15 is 0 Å². The summed E-state index contributed by atoms with van der Waals surface area (Å²) in [5.41, 5.74) is 4.67. The van der Waals surface area contributed by atoms with Crippen LogP contribution in [0.3, 0.4) is 0 Å². The van der Waals surface area contributed by atoms with E-state index in [1.807, 2.05) is 32.0 Å². The molecule has 1 aliphatic heterocycles. The van der Waals surface area contributed by atoms with Crippen LogP contribution in [0.25, 0.3) is 22.1 Å². The summed E-state index contributed by atoms with van der Waals surface area (Å²) in [6.45, 7) is 5.43. The number of hydrogen-bond donors (Lipinski definition) is 2. The maximum absolute atomic E-state index is 13.0. The van der Waals surface area contributed by atoms with Crippen LogP contribution in [0.2, 0.25) is 0 Å². The van der Waals surface area contributed by atoms with Gasteiger partial charge in [0.25, 0.3) is 0 Å². The highest BCUT2D eigenvalue weighted by molar-refractivity contribution is 7.99. The number of hydrogen-bond acceptors (Lipinski definition) is 8. The highest BCUT2D eigenvalue weighted by Crippen LogP contribution is 2.28. The fraction of sp³-hybridized carbons (Fsp3) is 0.304. The van der Waals surface area contributed by atoms with Crippen LogP contribution in [0.1, 0.15) is 11.1 Å². The molecule has 0 radical (unpaired) electrons. The number of aryl methyl sites for hydroxylation is 2. The van der Waals surface area contributed by atoms with Gasteiger partial charge in [0.2, 0.25) is 21.1 Å². The van der Waals surface area contributed by atoms with E-state index in [0.717, 1.165) is 16.8 Å². The number of rotatable bonds is 6. The Labute approximate surface area is 206 Å². The van der Waals surface area contributed by atoms with E-state index in [0.29, 0.717) is 53.5 Å². The number of benzene rings is 2. The van der Waals surface area contributed by atoms with Gasteiger partial charge in [0, 0.05) is 29.7 Å². The molecule has 1 amide bonds. The Bertz CT molecular complexity index is 1530. The van der Waals surface area contributed by atoms with Crippen molar-refractivity contribution in [1.82, 2.24) is 24.5 Å². The predicted octanol–water partition coefficient (Wildman–Crippen LogP) is 2.87. The molecule has 0 unspecified atom stereocenters. The van der Waals surface area contributed by atoms with Gasteiger partial charge in [0.05, 0.1) is 23.9 Å². The molecule has 1 fully saturated rings. The van der Waals surface area contributed by atoms with Crippen molar-refractivity contribution in [3.05, 3.63) is 47.5 Å². The van der Waals surface area contributed by atoms with Crippen LogP contribution in [-0.2, 0) is 19.6 Å². The molecule has 182 valence electrons. The molecule has 0 saturated carbocycles. The summed E-state index contributed by atoms with van der Waals surface area (Å²) in [6.07, 6.45) is 0. The topological polar surface area (TPSA) is 130 Å². The second-order valence-electron chi connectivity index (χ2n) is 8.28. The van der Waals surface area contributed by atoms with Crippen LogP contribution in [0, 0.1) is 13.8 Å². The summed E-state index contributed by atoms with van der Waals surface area (Å²) in [6, 6.07) is 10.6. The number of amides is 1. The van der Waals surface area contributed by atoms with Crippen molar-refractivity contribution in [2.45, 2.75) is 23.9 Å². The maximum atomic E-state index is 13.0. The lowest BCUT2D eigenvalue weighted by molar-refractivity contribution is -0.113. The molecule has 0 bridgehead atoms. The lowest BCUT2D eigenvalue weighted by Gasteiger charge is -2.26. The number of sulfonamides is 1. The Morgan fingerprint density at radius 1 is 1.11 bits per heavy atom. The molecule has 35 heavy (non-hydrogen) atoms. The number of nitrogens with zero attached hydrogens (tertiary/aromatic N) is 4. The van der Waals surface area contributed by atoms with E-state index in [1.165, 1.54) is 16.1 Å². The second-order valence-corrected chi connectivity index (χ2v) is 11.2. The van der Waals surface area contributed by atoms with Crippen molar-refractivity contribution < 1.29 is 17.9 Å². The van der Waals surface area contributed by atoms with Gasteiger partial charge in [-0.1, -0.05) is 17.8 Å². The Kier molecular flexibility index (Phi) is 6.45. The van der Waals surface area contributed by atoms with Crippen LogP contribution in [0.4, 0.5) is 5.69 Å². The lowest BCUT2D eigenvalue weighted by Crippen LogP contribution is -2.40. The average molecular weight is 513 g/mol. The zero-order valence-electron chi connectivity index (χ0n) is 19.2. The molecule has 5 rings (SSSR count). The molecule has 2 aromatic heterocycles. The zero-order chi connectivity index (χ0) is 24.6. The fourth-order valence-electron chi connectivity index (χ4n) is 3.84. The predicted molar refractivity (Wildman–Crippen MR) is 134 cm³/mol. The fourth-order valence-corrected chi connectivity index (χ4v) is 5.86. The van der Waals surface area contributed by atoms with Crippen LogP contribution in [0.15, 0.2) is 46.5 Å². The van der Waals surface area contributed by atoms with Crippen molar-refractivity contribution in [2.75, 3.05) is 37.4 Å². The number of fused-ring (bicyclic) bond motifs is 3. The number of H-pyrrole nitrogens is 1. The van der Waals surface area contributed by atoms with Gasteiger partial charge < -0.3 is 15.0 Å². The molecular weight excluding hydrogens is 488 g/mol. The van der Waals surface area contributed by atoms with Gasteiger partial charge in [-0.25, -0.2) is 13.4 Å². The second kappa shape index (κ2) is 9.53. The highest BCUT2D eigenvalue weighted by atomic mass is 32.2. The van der Waals surface area contributed by atoms with Gasteiger partial charge in [-0.15, -0.1) is 10.2 Å². The number of aromatic amines is 1. The zero-order valence-corrected chi connectivity index (χ0v) is 20.9. The van der Waals surface area contributed by atoms with E-state index < -0.39 is 10.0 Å². The molecule has 2 N–H and O–H groups in total. The van der Waals surface area contributed by atoms with Crippen LogP contribution >= 0.6 is 11.8 Å². The Balaban J connectivity index is 1.33. The first-order valence-electron chi connectivity index (χ1n) is 11.1. The van der Waals surface area contributed by atoms with E-state index in [9.17, 15) is 13.2 Å². The third-order valence-corrected chi connectivity index (χ3v) is 8.63. The first-order chi connectivity index (χ1) is 16.8. The summed E-state index contributed by atoms with van der Waals surface area (Å²) in [5, 5.41) is 12.2. The Morgan fingerprint density at radius 2 is 1.91 bits per heavy atom. The normalized spacial score (nSPS) is 15.0. The minimum atomic E-state index is -3.64. The van der Waals surface area contributed by atoms with Crippen LogP contribution < -0.4 is 5.32 Å². The molecule has 12 heteroatoms. The minimum Gasteiger partial charge on any atom is -0.379 e. The standard InChI is InChI=1S/C23H24N6O4S2/c1-14-3-4-16(11-15(14)2)24-20(30)13-34-23-26-22-21(27-28-23)18-12-17(5-6-19(18)25-22)35(31,32)29-7-9-33-10-8-29/h3-6,11-12H,7-10,13H2,1-2H3,(H,24,30)(H,25,26,28). The largest absolute Gasteiger partial charge is 0.379 e. The van der Waals surface area contributed by atoms with Gasteiger partial charge in [0.1, 0.15) is 5.52 Å². The number of nitrogens with one attached hydrogen (secondary N) is 2. The summed E-state index contributed by atoms with van der Waals surface area (Å²) < 4.78 is 32.7. The summed E-state index contributed by atoms with van der Waals surface area (Å²) in [5.74, 6) is -0.0426. The molecule has 1 aliphatic rings. The summed E-state index contributed by atoms with van der Waals surface area (Å²) in [7, 11) is -3.64. The third-order valence-electron chi connectivity index (χ3n) is 5.90. The van der Waals surface area contributed by atoms with Gasteiger partial charge in [-0.05, 0) is 55.3 Å². The third kappa shape index (κ3) is 4.87. The summed E-state index contributed by atoms with van der Waals surface area (Å²) >= 11 is 1.17. The summed E-state index contributed by atoms with van der Waals surface area (Å²) in [4.78, 5) is 20.2. The number of anilines is 1. The van der Waals surface area contributed by atoms with Gasteiger partial charge in [0.15, 0.2) is 5.65 Å². The molecule has 4 aromatic rings. The molecule has 0 spiro atoms. The van der Waals surface area contributed by atoms with Crippen molar-refractivity contribution >= 4 is 55.4 Å². The Morgan fingerprint density at radius 3 is 2.69 bits per heavy atom. The minimum absolute atomic E-state index is 0.127. The van der Waals surface area contributed by atoms with E-state index in [-0.39, 0.29) is 16.6 Å². The molecule has 3 heterocycles. The first-order valence-corrected chi connectivity index (χ1v) is 13.5. The van der Waals surface area contributed by atoms with Crippen molar-refractivity contribution in [3.8, 4) is 0 Å². The van der Waals surface area contributed by atoms with Gasteiger partial charge in [-0.2, -0.15) is 4.31 Å². The number of carbonyl (C=O) groups excluding carboxylic acids is 1. The van der Waals surface area contributed by atoms with Crippen molar-refractivity contribution in [3.63, 3.8) is 0 Å². The molecule has 10 nitrogen and oxygen atoms in total. The number of carbonyl (C=O) groups is 1. The lowest BCUT2D eigenvalue weighted by atomic mass is 10.1. The molecule has 2 aromatic carbocycles. The average Bonchev–Trinajstić information content (AvgIpc) is 3.22. The number of morpholine rings is 1. The highest BCUT2D eigenvalue weighted by Gasteiger charge is 2.27. The quantitative estimate of drug-likeness (QED) is 0.377. The first kappa shape index (κ1) is 23.7. The molecule has 1 saturated heterocycles. The van der Waals surface area contributed by atoms with Crippen molar-refractivity contribution in [2.24, 2.45) is 0 Å². The number of thioether (sulfide) groups is 1. The molecule has 0 atom stereocenters. The number of ether oxygens (including phenoxy) is 1. The maximum Gasteiger partial charge on any atom is 0.243 e. The molecular formula is C23H24N6O4S2. The van der Waals surface area contributed by atoms with Crippen LogP contribution in [-0.4, -0.2) is 70.9 Å². The van der Waals surface area contributed by atoms with E-state index in [2.05, 4.69) is 25.5 Å². The SMILES string of the molecule is Cc1ccc(NC(=O)CSc2nnc3c(n2)[nH]c2ccc(S(=O)(=O)N4CCOCC4)cc23)cc1C. The number of aromatic nitrogens is 4. The smallest absolute Gasteiger partial charge is 0.243 e. The van der Waals surface area contributed by atoms with Crippen LogP contribution in [0.5, 0.6) is 0 Å². The monoisotopic (exact) mass is 512 g/mol.